The van der Waals surface area contributed by atoms with Gasteiger partial charge in [0.1, 0.15) is 22.4 Å². The molecule has 4 rings (SSSR count). The number of carbonyl (C=O) groups excluding carboxylic acids is 1. The van der Waals surface area contributed by atoms with Crippen LogP contribution in [0.25, 0.3) is 0 Å². The lowest BCUT2D eigenvalue weighted by atomic mass is 10.0. The number of para-hydroxylation sites is 1. The van der Waals surface area contributed by atoms with Gasteiger partial charge >= 0.3 is 0 Å². The Balaban J connectivity index is 1.70. The number of hydrogen-bond acceptors (Lipinski definition) is 6. The minimum Gasteiger partial charge on any atom is -0.360 e. The molecule has 3 heterocycles. The maximum atomic E-state index is 13.3. The third kappa shape index (κ3) is 3.90. The van der Waals surface area contributed by atoms with Gasteiger partial charge in [0, 0.05) is 24.5 Å². The first-order valence-corrected chi connectivity index (χ1v) is 11.1. The van der Waals surface area contributed by atoms with Crippen LogP contribution in [0.4, 0.5) is 11.5 Å². The highest BCUT2D eigenvalue weighted by Crippen LogP contribution is 2.28. The second-order valence-electron chi connectivity index (χ2n) is 6.90. The van der Waals surface area contributed by atoms with Crippen molar-refractivity contribution in [3.8, 4) is 0 Å². The van der Waals surface area contributed by atoms with Gasteiger partial charge in [-0.3, -0.25) is 4.79 Å². The SMILES string of the molecule is Cc1cc(N(CC(=O)N2CCCc3ccccc32)S(=O)(=O)c2ccc(Cl)nc2)no1. The first kappa shape index (κ1) is 20.4. The summed E-state index contributed by atoms with van der Waals surface area (Å²) in [6, 6.07) is 11.8. The fourth-order valence-electron chi connectivity index (χ4n) is 3.40. The smallest absolute Gasteiger partial charge is 0.267 e. The highest BCUT2D eigenvalue weighted by Gasteiger charge is 2.32. The highest BCUT2D eigenvalue weighted by molar-refractivity contribution is 7.92. The van der Waals surface area contributed by atoms with Crippen molar-refractivity contribution in [1.29, 1.82) is 0 Å². The first-order chi connectivity index (χ1) is 14.4. The first-order valence-electron chi connectivity index (χ1n) is 9.32. The van der Waals surface area contributed by atoms with E-state index in [1.165, 1.54) is 18.2 Å². The van der Waals surface area contributed by atoms with Gasteiger partial charge in [0.15, 0.2) is 5.82 Å². The minimum atomic E-state index is -4.13. The molecule has 0 saturated carbocycles. The minimum absolute atomic E-state index is 0.0288. The molecule has 0 unspecified atom stereocenters. The standard InChI is InChI=1S/C20H19ClN4O4S/c1-14-11-19(23-29-14)25(30(27,28)16-8-9-18(21)22-12-16)13-20(26)24-10-4-6-15-5-2-3-7-17(15)24/h2-3,5,7-9,11-12H,4,6,10,13H2,1H3. The second-order valence-corrected chi connectivity index (χ2v) is 9.15. The zero-order chi connectivity index (χ0) is 21.3. The van der Waals surface area contributed by atoms with Crippen molar-refractivity contribution in [2.75, 3.05) is 22.3 Å². The number of fused-ring (bicyclic) bond motifs is 1. The number of benzene rings is 1. The summed E-state index contributed by atoms with van der Waals surface area (Å²) in [4.78, 5) is 18.6. The largest absolute Gasteiger partial charge is 0.360 e. The fraction of sp³-hybridized carbons (Fsp3) is 0.250. The monoisotopic (exact) mass is 446 g/mol. The topological polar surface area (TPSA) is 96.6 Å². The van der Waals surface area contributed by atoms with E-state index in [4.69, 9.17) is 16.1 Å². The van der Waals surface area contributed by atoms with Crippen LogP contribution in [0.1, 0.15) is 17.7 Å². The van der Waals surface area contributed by atoms with Gasteiger partial charge in [-0.15, -0.1) is 0 Å². The second kappa shape index (κ2) is 8.08. The molecule has 30 heavy (non-hydrogen) atoms. The predicted octanol–water partition coefficient (Wildman–Crippen LogP) is 3.21. The molecule has 0 N–H and O–H groups in total. The molecule has 156 valence electrons. The third-order valence-electron chi connectivity index (χ3n) is 4.85. The van der Waals surface area contributed by atoms with E-state index in [-0.39, 0.29) is 21.8 Å². The summed E-state index contributed by atoms with van der Waals surface area (Å²) in [5.41, 5.74) is 1.86. The number of sulfonamides is 1. The highest BCUT2D eigenvalue weighted by atomic mass is 35.5. The normalized spacial score (nSPS) is 13.7. The van der Waals surface area contributed by atoms with E-state index < -0.39 is 16.6 Å². The average molecular weight is 447 g/mol. The van der Waals surface area contributed by atoms with E-state index in [1.807, 2.05) is 24.3 Å². The Kier molecular flexibility index (Phi) is 5.48. The number of aryl methyl sites for hydroxylation is 2. The Morgan fingerprint density at radius 1 is 1.27 bits per heavy atom. The molecule has 0 aliphatic carbocycles. The number of nitrogens with zero attached hydrogens (tertiary/aromatic N) is 4. The van der Waals surface area contributed by atoms with Gasteiger partial charge in [-0.1, -0.05) is 35.0 Å². The summed E-state index contributed by atoms with van der Waals surface area (Å²) in [6.45, 7) is 1.74. The maximum Gasteiger partial charge on any atom is 0.267 e. The van der Waals surface area contributed by atoms with Crippen molar-refractivity contribution in [3.63, 3.8) is 0 Å². The molecule has 0 atom stereocenters. The Labute approximate surface area is 179 Å². The van der Waals surface area contributed by atoms with Crippen LogP contribution in [0.2, 0.25) is 5.15 Å². The number of aromatic nitrogens is 2. The summed E-state index contributed by atoms with van der Waals surface area (Å²) in [5, 5.41) is 3.99. The summed E-state index contributed by atoms with van der Waals surface area (Å²) >= 11 is 5.79. The molecular weight excluding hydrogens is 428 g/mol. The number of carbonyl (C=O) groups is 1. The van der Waals surface area contributed by atoms with Crippen molar-refractivity contribution < 1.29 is 17.7 Å². The van der Waals surface area contributed by atoms with Gasteiger partial charge in [-0.2, -0.15) is 0 Å². The average Bonchev–Trinajstić information content (AvgIpc) is 3.17. The number of rotatable bonds is 5. The van der Waals surface area contributed by atoms with E-state index in [2.05, 4.69) is 10.1 Å². The van der Waals surface area contributed by atoms with Crippen molar-refractivity contribution in [1.82, 2.24) is 10.1 Å². The van der Waals surface area contributed by atoms with Crippen LogP contribution in [0.5, 0.6) is 0 Å². The lowest BCUT2D eigenvalue weighted by Crippen LogP contribution is -2.45. The molecule has 0 saturated heterocycles. The molecule has 1 amide bonds. The van der Waals surface area contributed by atoms with Crippen LogP contribution in [-0.2, 0) is 21.2 Å². The molecule has 8 nitrogen and oxygen atoms in total. The number of amides is 1. The van der Waals surface area contributed by atoms with Gasteiger partial charge in [-0.05, 0) is 43.5 Å². The van der Waals surface area contributed by atoms with Gasteiger partial charge < -0.3 is 9.42 Å². The summed E-state index contributed by atoms with van der Waals surface area (Å²) < 4.78 is 32.6. The zero-order valence-electron chi connectivity index (χ0n) is 16.2. The Morgan fingerprint density at radius 3 is 2.77 bits per heavy atom. The molecule has 1 aliphatic heterocycles. The van der Waals surface area contributed by atoms with E-state index in [0.717, 1.165) is 34.6 Å². The summed E-state index contributed by atoms with van der Waals surface area (Å²) in [5.74, 6) is 0.101. The van der Waals surface area contributed by atoms with Crippen LogP contribution in [0, 0.1) is 6.92 Å². The zero-order valence-corrected chi connectivity index (χ0v) is 17.7. The third-order valence-corrected chi connectivity index (χ3v) is 6.81. The molecule has 0 spiro atoms. The van der Waals surface area contributed by atoms with Gasteiger partial charge in [0.05, 0.1) is 0 Å². The van der Waals surface area contributed by atoms with Crippen molar-refractivity contribution >= 4 is 39.0 Å². The van der Waals surface area contributed by atoms with Crippen molar-refractivity contribution in [3.05, 3.63) is 65.1 Å². The quantitative estimate of drug-likeness (QED) is 0.558. The van der Waals surface area contributed by atoms with Crippen LogP contribution >= 0.6 is 11.6 Å². The van der Waals surface area contributed by atoms with E-state index >= 15 is 0 Å². The molecule has 0 bridgehead atoms. The van der Waals surface area contributed by atoms with Gasteiger partial charge in [0.2, 0.25) is 5.91 Å². The molecule has 2 aromatic heterocycles. The van der Waals surface area contributed by atoms with Crippen LogP contribution in [0.3, 0.4) is 0 Å². The Hall–Kier alpha value is -2.91. The van der Waals surface area contributed by atoms with Gasteiger partial charge in [-0.25, -0.2) is 17.7 Å². The molecule has 1 aliphatic rings. The molecular formula is C20H19ClN4O4S. The van der Waals surface area contributed by atoms with E-state index in [1.54, 1.807) is 11.8 Å². The molecule has 10 heteroatoms. The number of anilines is 2. The Bertz CT molecular complexity index is 1180. The maximum absolute atomic E-state index is 13.3. The van der Waals surface area contributed by atoms with E-state index in [0.29, 0.717) is 12.3 Å². The molecule has 1 aromatic carbocycles. The Morgan fingerprint density at radius 2 is 2.07 bits per heavy atom. The number of pyridine rings is 1. The van der Waals surface area contributed by atoms with Crippen LogP contribution in [-0.4, -0.2) is 37.6 Å². The fourth-order valence-corrected chi connectivity index (χ4v) is 4.81. The molecule has 0 radical (unpaired) electrons. The van der Waals surface area contributed by atoms with Crippen LogP contribution < -0.4 is 9.21 Å². The van der Waals surface area contributed by atoms with Crippen LogP contribution in [0.15, 0.2) is 58.1 Å². The molecule has 3 aromatic rings. The van der Waals surface area contributed by atoms with Gasteiger partial charge in [0.25, 0.3) is 10.0 Å². The number of hydrogen-bond donors (Lipinski definition) is 0. The summed E-state index contributed by atoms with van der Waals surface area (Å²) in [6.07, 6.45) is 2.83. The predicted molar refractivity (Wildman–Crippen MR) is 112 cm³/mol. The summed E-state index contributed by atoms with van der Waals surface area (Å²) in [7, 11) is -4.13. The lowest BCUT2D eigenvalue weighted by Gasteiger charge is -2.31. The van der Waals surface area contributed by atoms with Crippen molar-refractivity contribution in [2.45, 2.75) is 24.7 Å². The lowest BCUT2D eigenvalue weighted by molar-refractivity contribution is -0.117. The number of halogens is 1. The van der Waals surface area contributed by atoms with E-state index in [9.17, 15) is 13.2 Å². The van der Waals surface area contributed by atoms with Crippen molar-refractivity contribution in [2.24, 2.45) is 0 Å². The molecule has 0 fully saturated rings.